The molecule has 0 saturated heterocycles. The molecule has 20 heavy (non-hydrogen) atoms. The molecule has 1 aromatic carbocycles. The van der Waals surface area contributed by atoms with Crippen molar-refractivity contribution < 1.29 is 9.15 Å². The minimum absolute atomic E-state index is 0.439. The number of hydrogen-bond donors (Lipinski definition) is 1. The maximum Gasteiger partial charge on any atom is 0.124 e. The Balaban J connectivity index is 1.61. The van der Waals surface area contributed by atoms with Crippen molar-refractivity contribution in [3.05, 3.63) is 51.9 Å². The molecule has 1 heterocycles. The summed E-state index contributed by atoms with van der Waals surface area (Å²) in [4.78, 5) is 0. The van der Waals surface area contributed by atoms with E-state index in [0.29, 0.717) is 28.4 Å². The largest absolute Gasteiger partial charge is 0.489 e. The second-order valence-electron chi connectivity index (χ2n) is 4.92. The van der Waals surface area contributed by atoms with Crippen LogP contribution in [-0.2, 0) is 13.2 Å². The van der Waals surface area contributed by atoms with E-state index in [-0.39, 0.29) is 0 Å². The molecule has 106 valence electrons. The summed E-state index contributed by atoms with van der Waals surface area (Å²) < 4.78 is 11.2. The molecule has 1 N–H and O–H groups in total. The number of hydrogen-bond acceptors (Lipinski definition) is 3. The van der Waals surface area contributed by atoms with Gasteiger partial charge in [0.05, 0.1) is 12.8 Å². The average molecular weight is 312 g/mol. The fraction of sp³-hybridized carbons (Fsp3) is 0.333. The highest BCUT2D eigenvalue weighted by Gasteiger charge is 2.21. The molecular formula is C15H15Cl2NO2. The maximum absolute atomic E-state index is 5.94. The maximum atomic E-state index is 5.94. The van der Waals surface area contributed by atoms with Gasteiger partial charge in [-0.2, -0.15) is 0 Å². The molecule has 5 heteroatoms. The van der Waals surface area contributed by atoms with E-state index in [1.807, 2.05) is 6.07 Å². The van der Waals surface area contributed by atoms with Crippen molar-refractivity contribution in [1.29, 1.82) is 0 Å². The van der Waals surface area contributed by atoms with E-state index in [2.05, 4.69) is 5.32 Å². The Morgan fingerprint density at radius 2 is 1.95 bits per heavy atom. The number of halogens is 2. The summed E-state index contributed by atoms with van der Waals surface area (Å²) in [5, 5.41) is 4.55. The van der Waals surface area contributed by atoms with Crippen molar-refractivity contribution in [2.24, 2.45) is 0 Å². The lowest BCUT2D eigenvalue weighted by molar-refractivity contribution is 0.301. The fourth-order valence-electron chi connectivity index (χ4n) is 1.95. The van der Waals surface area contributed by atoms with Crippen LogP contribution >= 0.6 is 23.2 Å². The highest BCUT2D eigenvalue weighted by atomic mass is 35.5. The first-order chi connectivity index (χ1) is 9.70. The van der Waals surface area contributed by atoms with Crippen molar-refractivity contribution in [1.82, 2.24) is 5.32 Å². The molecule has 0 amide bonds. The lowest BCUT2D eigenvalue weighted by Gasteiger charge is -2.08. The van der Waals surface area contributed by atoms with Gasteiger partial charge >= 0.3 is 0 Å². The molecule has 3 nitrogen and oxygen atoms in total. The topological polar surface area (TPSA) is 34.4 Å². The fourth-order valence-corrected chi connectivity index (χ4v) is 2.45. The zero-order valence-corrected chi connectivity index (χ0v) is 12.4. The Bertz CT molecular complexity index is 573. The van der Waals surface area contributed by atoms with Crippen LogP contribution in [0, 0.1) is 0 Å². The molecular weight excluding hydrogens is 297 g/mol. The van der Waals surface area contributed by atoms with Gasteiger partial charge in [0.15, 0.2) is 0 Å². The predicted molar refractivity (Wildman–Crippen MR) is 79.4 cm³/mol. The summed E-state index contributed by atoms with van der Waals surface area (Å²) in [6, 6.07) is 7.75. The summed E-state index contributed by atoms with van der Waals surface area (Å²) in [5.41, 5.74) is 1.04. The van der Waals surface area contributed by atoms with Crippen LogP contribution < -0.4 is 10.1 Å². The van der Waals surface area contributed by atoms with E-state index >= 15 is 0 Å². The monoisotopic (exact) mass is 311 g/mol. The van der Waals surface area contributed by atoms with Crippen molar-refractivity contribution in [3.8, 4) is 5.75 Å². The van der Waals surface area contributed by atoms with Gasteiger partial charge in [0.1, 0.15) is 18.1 Å². The van der Waals surface area contributed by atoms with Crippen LogP contribution in [0.25, 0.3) is 0 Å². The van der Waals surface area contributed by atoms with E-state index in [4.69, 9.17) is 32.4 Å². The minimum Gasteiger partial charge on any atom is -0.489 e. The van der Waals surface area contributed by atoms with Gasteiger partial charge in [0.2, 0.25) is 0 Å². The van der Waals surface area contributed by atoms with E-state index in [9.17, 15) is 0 Å². The zero-order chi connectivity index (χ0) is 13.9. The van der Waals surface area contributed by atoms with E-state index < -0.39 is 0 Å². The first-order valence-corrected chi connectivity index (χ1v) is 7.34. The first-order valence-electron chi connectivity index (χ1n) is 6.58. The lowest BCUT2D eigenvalue weighted by Crippen LogP contribution is -2.16. The average Bonchev–Trinajstić information content (AvgIpc) is 3.12. The van der Waals surface area contributed by atoms with Gasteiger partial charge in [-0.3, -0.25) is 0 Å². The van der Waals surface area contributed by atoms with Crippen LogP contribution in [0.5, 0.6) is 5.75 Å². The third-order valence-electron chi connectivity index (χ3n) is 3.20. The molecule has 3 rings (SSSR count). The van der Waals surface area contributed by atoms with Gasteiger partial charge in [-0.1, -0.05) is 23.2 Å². The Labute approximate surface area is 127 Å². The predicted octanol–water partition coefficient (Wildman–Crippen LogP) is 4.42. The molecule has 0 radical (unpaired) electrons. The molecule has 1 saturated carbocycles. The van der Waals surface area contributed by atoms with Crippen molar-refractivity contribution in [2.45, 2.75) is 32.0 Å². The van der Waals surface area contributed by atoms with Crippen LogP contribution in [0.2, 0.25) is 10.0 Å². The van der Waals surface area contributed by atoms with Gasteiger partial charge in [-0.05, 0) is 37.1 Å². The molecule has 0 spiro atoms. The van der Waals surface area contributed by atoms with Gasteiger partial charge in [0.25, 0.3) is 0 Å². The van der Waals surface area contributed by atoms with Crippen LogP contribution in [0.15, 0.2) is 34.9 Å². The molecule has 0 bridgehead atoms. The zero-order valence-electron chi connectivity index (χ0n) is 10.9. The summed E-state index contributed by atoms with van der Waals surface area (Å²) in [7, 11) is 0. The Hall–Kier alpha value is -1.16. The van der Waals surface area contributed by atoms with Crippen LogP contribution in [0.3, 0.4) is 0 Å². The van der Waals surface area contributed by atoms with Crippen LogP contribution in [0.4, 0.5) is 0 Å². The number of nitrogens with one attached hydrogen (secondary N) is 1. The Morgan fingerprint density at radius 1 is 1.20 bits per heavy atom. The third-order valence-corrected chi connectivity index (χ3v) is 3.63. The minimum atomic E-state index is 0.439. The van der Waals surface area contributed by atoms with E-state index in [1.54, 1.807) is 24.5 Å². The van der Waals surface area contributed by atoms with Crippen LogP contribution in [-0.4, -0.2) is 6.04 Å². The molecule has 1 aromatic heterocycles. The number of benzene rings is 1. The highest BCUT2D eigenvalue weighted by molar-refractivity contribution is 6.34. The van der Waals surface area contributed by atoms with Gasteiger partial charge in [-0.25, -0.2) is 0 Å². The SMILES string of the molecule is Clc1cc(Cl)cc(OCc2ccoc2CNC2CC2)c1. The van der Waals surface area contributed by atoms with Crippen molar-refractivity contribution in [3.63, 3.8) is 0 Å². The second-order valence-corrected chi connectivity index (χ2v) is 5.79. The summed E-state index contributed by atoms with van der Waals surface area (Å²) in [6.45, 7) is 1.18. The number of ether oxygens (including phenoxy) is 1. The third kappa shape index (κ3) is 3.69. The number of rotatable bonds is 6. The van der Waals surface area contributed by atoms with Crippen molar-refractivity contribution in [2.75, 3.05) is 0 Å². The van der Waals surface area contributed by atoms with Gasteiger partial charge < -0.3 is 14.5 Å². The molecule has 0 unspecified atom stereocenters. The summed E-state index contributed by atoms with van der Waals surface area (Å²) >= 11 is 11.9. The van der Waals surface area contributed by atoms with Gasteiger partial charge in [0, 0.05) is 21.7 Å². The Kier molecular flexibility index (Phi) is 4.20. The lowest BCUT2D eigenvalue weighted by atomic mass is 10.2. The normalized spacial score (nSPS) is 14.5. The molecule has 2 aromatic rings. The smallest absolute Gasteiger partial charge is 0.124 e. The van der Waals surface area contributed by atoms with E-state index in [0.717, 1.165) is 17.9 Å². The van der Waals surface area contributed by atoms with Gasteiger partial charge in [-0.15, -0.1) is 0 Å². The molecule has 1 aliphatic carbocycles. The second kappa shape index (κ2) is 6.08. The summed E-state index contributed by atoms with van der Waals surface area (Å²) in [5.74, 6) is 1.58. The first kappa shape index (κ1) is 13.8. The van der Waals surface area contributed by atoms with E-state index in [1.165, 1.54) is 12.8 Å². The quantitative estimate of drug-likeness (QED) is 0.857. The molecule has 0 aliphatic heterocycles. The standard InChI is InChI=1S/C15H15Cl2NO2/c16-11-5-12(17)7-14(6-11)20-9-10-3-4-19-15(10)8-18-13-1-2-13/h3-7,13,18H,1-2,8-9H2. The highest BCUT2D eigenvalue weighted by Crippen LogP contribution is 2.25. The summed E-state index contributed by atoms with van der Waals surface area (Å²) in [6.07, 6.45) is 4.20. The molecule has 1 aliphatic rings. The molecule has 1 fully saturated rings. The Morgan fingerprint density at radius 3 is 2.65 bits per heavy atom. The van der Waals surface area contributed by atoms with Crippen LogP contribution in [0.1, 0.15) is 24.2 Å². The number of furan rings is 1. The molecule has 0 atom stereocenters. The van der Waals surface area contributed by atoms with Crippen molar-refractivity contribution >= 4 is 23.2 Å².